The second-order valence-corrected chi connectivity index (χ2v) is 6.16. The number of aryl methyl sites for hydroxylation is 1. The molecule has 3 heteroatoms. The van der Waals surface area contributed by atoms with Crippen LogP contribution < -0.4 is 0 Å². The number of rotatable bonds is 1. The van der Waals surface area contributed by atoms with Gasteiger partial charge in [-0.15, -0.1) is 0 Å². The van der Waals surface area contributed by atoms with E-state index < -0.39 is 0 Å². The lowest BCUT2D eigenvalue weighted by Crippen LogP contribution is -2.51. The lowest BCUT2D eigenvalue weighted by atomic mass is 9.85. The minimum Gasteiger partial charge on any atom is -0.387 e. The summed E-state index contributed by atoms with van der Waals surface area (Å²) in [5.41, 5.74) is 2.46. The molecule has 4 unspecified atom stereocenters. The summed E-state index contributed by atoms with van der Waals surface area (Å²) in [5.74, 6) is 0. The highest BCUT2D eigenvalue weighted by atomic mass is 16.5. The van der Waals surface area contributed by atoms with E-state index >= 15 is 0 Å². The Labute approximate surface area is 114 Å². The fourth-order valence-corrected chi connectivity index (χ4v) is 4.02. The third kappa shape index (κ3) is 2.00. The number of fused-ring (bicyclic) bond motifs is 3. The molecule has 2 saturated heterocycles. The van der Waals surface area contributed by atoms with Crippen molar-refractivity contribution < 1.29 is 9.84 Å². The SMILES string of the molecule is OC1c2ccccc2CCC1N1CC2CCC(C1)O2. The number of aliphatic hydroxyl groups excluding tert-OH is 1. The first kappa shape index (κ1) is 11.9. The van der Waals surface area contributed by atoms with Gasteiger partial charge in [-0.25, -0.2) is 0 Å². The zero-order valence-corrected chi connectivity index (χ0v) is 11.2. The van der Waals surface area contributed by atoms with Crippen molar-refractivity contribution in [3.8, 4) is 0 Å². The number of morpholine rings is 1. The van der Waals surface area contributed by atoms with Crippen LogP contribution in [0.5, 0.6) is 0 Å². The number of likely N-dealkylation sites (tertiary alicyclic amines) is 1. The van der Waals surface area contributed by atoms with Crippen LogP contribution in [0, 0.1) is 0 Å². The quantitative estimate of drug-likeness (QED) is 0.836. The van der Waals surface area contributed by atoms with Crippen molar-refractivity contribution in [1.82, 2.24) is 4.90 Å². The van der Waals surface area contributed by atoms with E-state index in [2.05, 4.69) is 23.1 Å². The van der Waals surface area contributed by atoms with Crippen LogP contribution in [0.4, 0.5) is 0 Å². The Morgan fingerprint density at radius 1 is 1.05 bits per heavy atom. The molecule has 2 fully saturated rings. The standard InChI is InChI=1S/C16H21NO2/c18-16-14-4-2-1-3-11(14)5-8-15(16)17-9-12-6-7-13(10-17)19-12/h1-4,12-13,15-16,18H,5-10H2. The summed E-state index contributed by atoms with van der Waals surface area (Å²) in [6.45, 7) is 2.00. The minimum absolute atomic E-state index is 0.280. The normalized spacial score (nSPS) is 38.2. The Balaban J connectivity index is 1.57. The maximum atomic E-state index is 10.7. The van der Waals surface area contributed by atoms with Crippen molar-refractivity contribution in [2.24, 2.45) is 0 Å². The smallest absolute Gasteiger partial charge is 0.0947 e. The molecule has 19 heavy (non-hydrogen) atoms. The second-order valence-electron chi connectivity index (χ2n) is 6.16. The Kier molecular flexibility index (Phi) is 2.87. The van der Waals surface area contributed by atoms with Gasteiger partial charge in [-0.2, -0.15) is 0 Å². The van der Waals surface area contributed by atoms with E-state index in [1.54, 1.807) is 0 Å². The van der Waals surface area contributed by atoms with Crippen LogP contribution in [0.3, 0.4) is 0 Å². The molecule has 1 aromatic rings. The van der Waals surface area contributed by atoms with Gasteiger partial charge in [0.25, 0.3) is 0 Å². The van der Waals surface area contributed by atoms with Gasteiger partial charge in [0.1, 0.15) is 0 Å². The van der Waals surface area contributed by atoms with E-state index in [0.29, 0.717) is 12.2 Å². The molecular formula is C16H21NO2. The van der Waals surface area contributed by atoms with Gasteiger partial charge in [-0.05, 0) is 36.8 Å². The lowest BCUT2D eigenvalue weighted by molar-refractivity contribution is -0.0768. The first-order chi connectivity index (χ1) is 9.31. The average molecular weight is 259 g/mol. The van der Waals surface area contributed by atoms with Crippen LogP contribution in [-0.2, 0) is 11.2 Å². The van der Waals surface area contributed by atoms with Crippen molar-refractivity contribution in [2.75, 3.05) is 13.1 Å². The summed E-state index contributed by atoms with van der Waals surface area (Å²) >= 11 is 0. The molecule has 2 aliphatic heterocycles. The van der Waals surface area contributed by atoms with Gasteiger partial charge in [0.15, 0.2) is 0 Å². The highest BCUT2D eigenvalue weighted by Gasteiger charge is 2.40. The molecule has 0 aromatic heterocycles. The van der Waals surface area contributed by atoms with E-state index in [1.807, 2.05) is 6.07 Å². The Morgan fingerprint density at radius 3 is 2.58 bits per heavy atom. The van der Waals surface area contributed by atoms with Gasteiger partial charge < -0.3 is 9.84 Å². The fraction of sp³-hybridized carbons (Fsp3) is 0.625. The molecule has 0 spiro atoms. The molecule has 1 aliphatic carbocycles. The van der Waals surface area contributed by atoms with Crippen LogP contribution in [0.2, 0.25) is 0 Å². The Bertz CT molecular complexity index is 464. The van der Waals surface area contributed by atoms with Crippen molar-refractivity contribution in [3.63, 3.8) is 0 Å². The lowest BCUT2D eigenvalue weighted by Gasteiger charge is -2.42. The summed E-state index contributed by atoms with van der Waals surface area (Å²) in [7, 11) is 0. The maximum absolute atomic E-state index is 10.7. The van der Waals surface area contributed by atoms with Crippen molar-refractivity contribution in [2.45, 2.75) is 50.0 Å². The molecule has 4 rings (SSSR count). The predicted octanol–water partition coefficient (Wildman–Crippen LogP) is 1.90. The van der Waals surface area contributed by atoms with Gasteiger partial charge in [0, 0.05) is 19.1 Å². The van der Waals surface area contributed by atoms with Crippen LogP contribution in [0.1, 0.15) is 36.5 Å². The van der Waals surface area contributed by atoms with Crippen LogP contribution in [-0.4, -0.2) is 41.3 Å². The van der Waals surface area contributed by atoms with Gasteiger partial charge >= 0.3 is 0 Å². The van der Waals surface area contributed by atoms with E-state index in [0.717, 1.165) is 31.5 Å². The highest BCUT2D eigenvalue weighted by molar-refractivity contribution is 5.32. The van der Waals surface area contributed by atoms with Crippen molar-refractivity contribution >= 4 is 0 Å². The number of nitrogens with zero attached hydrogens (tertiary/aromatic N) is 1. The molecular weight excluding hydrogens is 238 g/mol. The molecule has 0 saturated carbocycles. The van der Waals surface area contributed by atoms with Crippen LogP contribution >= 0.6 is 0 Å². The van der Waals surface area contributed by atoms with Gasteiger partial charge in [0.05, 0.1) is 18.3 Å². The largest absolute Gasteiger partial charge is 0.387 e. The molecule has 3 aliphatic rings. The highest BCUT2D eigenvalue weighted by Crippen LogP contribution is 2.36. The molecule has 4 atom stereocenters. The summed E-state index contributed by atoms with van der Waals surface area (Å²) < 4.78 is 5.90. The van der Waals surface area contributed by atoms with Crippen molar-refractivity contribution in [3.05, 3.63) is 35.4 Å². The molecule has 1 N–H and O–H groups in total. The van der Waals surface area contributed by atoms with Crippen LogP contribution in [0.15, 0.2) is 24.3 Å². The third-order valence-electron chi connectivity index (χ3n) is 4.99. The summed E-state index contributed by atoms with van der Waals surface area (Å²) in [6.07, 6.45) is 5.03. The number of ether oxygens (including phenoxy) is 1. The topological polar surface area (TPSA) is 32.7 Å². The van der Waals surface area contributed by atoms with E-state index in [-0.39, 0.29) is 12.1 Å². The second kappa shape index (κ2) is 4.58. The average Bonchev–Trinajstić information content (AvgIpc) is 2.78. The first-order valence-corrected chi connectivity index (χ1v) is 7.46. The van der Waals surface area contributed by atoms with E-state index in [9.17, 15) is 5.11 Å². The predicted molar refractivity (Wildman–Crippen MR) is 73.0 cm³/mol. The Hall–Kier alpha value is -0.900. The minimum atomic E-state index is -0.331. The monoisotopic (exact) mass is 259 g/mol. The third-order valence-corrected chi connectivity index (χ3v) is 4.99. The molecule has 0 radical (unpaired) electrons. The number of hydrogen-bond donors (Lipinski definition) is 1. The zero-order chi connectivity index (χ0) is 12.8. The molecule has 2 bridgehead atoms. The zero-order valence-electron chi connectivity index (χ0n) is 11.2. The number of hydrogen-bond acceptors (Lipinski definition) is 3. The first-order valence-electron chi connectivity index (χ1n) is 7.46. The Morgan fingerprint density at radius 2 is 1.79 bits per heavy atom. The maximum Gasteiger partial charge on any atom is 0.0947 e. The van der Waals surface area contributed by atoms with E-state index in [1.165, 1.54) is 18.4 Å². The number of benzene rings is 1. The summed E-state index contributed by atoms with van der Waals surface area (Å²) in [4.78, 5) is 2.48. The van der Waals surface area contributed by atoms with Crippen LogP contribution in [0.25, 0.3) is 0 Å². The van der Waals surface area contributed by atoms with Gasteiger partial charge in [0.2, 0.25) is 0 Å². The number of aliphatic hydroxyl groups is 1. The molecule has 3 nitrogen and oxygen atoms in total. The van der Waals surface area contributed by atoms with E-state index in [4.69, 9.17) is 4.74 Å². The summed E-state index contributed by atoms with van der Waals surface area (Å²) in [5, 5.41) is 10.7. The molecule has 2 heterocycles. The summed E-state index contributed by atoms with van der Waals surface area (Å²) in [6, 6.07) is 8.62. The van der Waals surface area contributed by atoms with Gasteiger partial charge in [-0.1, -0.05) is 24.3 Å². The molecule has 1 aromatic carbocycles. The fourth-order valence-electron chi connectivity index (χ4n) is 4.02. The molecule has 0 amide bonds. The molecule has 102 valence electrons. The van der Waals surface area contributed by atoms with Crippen molar-refractivity contribution in [1.29, 1.82) is 0 Å². The van der Waals surface area contributed by atoms with Gasteiger partial charge in [-0.3, -0.25) is 4.90 Å².